The van der Waals surface area contributed by atoms with E-state index in [1.165, 1.54) is 32.4 Å². The lowest BCUT2D eigenvalue weighted by atomic mass is 10.0. The average molecular weight is 326 g/mol. The Hall–Kier alpha value is -1.18. The van der Waals surface area contributed by atoms with E-state index in [2.05, 4.69) is 20.4 Å². The predicted molar refractivity (Wildman–Crippen MR) is 88.3 cm³/mol. The molecule has 2 aliphatic heterocycles. The third-order valence-corrected chi connectivity index (χ3v) is 4.55. The Kier molecular flexibility index (Phi) is 7.26. The maximum atomic E-state index is 12.0. The molecule has 2 N–H and O–H groups in total. The molecule has 0 aromatic carbocycles. The molecule has 7 heteroatoms. The molecule has 2 heterocycles. The maximum Gasteiger partial charge on any atom is 0.321 e. The van der Waals surface area contributed by atoms with Gasteiger partial charge >= 0.3 is 6.03 Å². The largest absolute Gasteiger partial charge is 0.383 e. The summed E-state index contributed by atoms with van der Waals surface area (Å²) in [5.41, 5.74) is 0. The fourth-order valence-corrected chi connectivity index (χ4v) is 3.50. The Morgan fingerprint density at radius 3 is 2.65 bits per heavy atom. The SMILES string of the molecule is COCC(C)NC(=O)NC(=O)CN1CCCC(N2CCCC2)C1. The van der Waals surface area contributed by atoms with Gasteiger partial charge in [-0.05, 0) is 52.2 Å². The standard InChI is InChI=1S/C16H30N4O3/c1-13(12-23-2)17-16(22)18-15(21)11-19-7-5-6-14(10-19)20-8-3-4-9-20/h13-14H,3-12H2,1-2H3,(H2,17,18,21,22). The summed E-state index contributed by atoms with van der Waals surface area (Å²) in [7, 11) is 1.58. The molecule has 2 unspecified atom stereocenters. The molecule has 0 saturated carbocycles. The van der Waals surface area contributed by atoms with Gasteiger partial charge in [-0.3, -0.25) is 19.9 Å². The molecule has 0 aliphatic carbocycles. The van der Waals surface area contributed by atoms with Crippen LogP contribution in [-0.4, -0.2) is 80.3 Å². The molecular weight excluding hydrogens is 296 g/mol. The number of imide groups is 1. The number of methoxy groups -OCH3 is 1. The third-order valence-electron chi connectivity index (χ3n) is 4.55. The normalized spacial score (nSPS) is 24.3. The number of urea groups is 1. The zero-order valence-corrected chi connectivity index (χ0v) is 14.3. The molecule has 2 saturated heterocycles. The predicted octanol–water partition coefficient (Wildman–Crippen LogP) is 0.407. The molecule has 3 amide bonds. The quantitative estimate of drug-likeness (QED) is 0.739. The van der Waals surface area contributed by atoms with Crippen molar-refractivity contribution < 1.29 is 14.3 Å². The van der Waals surface area contributed by atoms with Gasteiger partial charge < -0.3 is 10.1 Å². The van der Waals surface area contributed by atoms with Crippen LogP contribution >= 0.6 is 0 Å². The number of hydrogen-bond donors (Lipinski definition) is 2. The van der Waals surface area contributed by atoms with Crippen molar-refractivity contribution >= 4 is 11.9 Å². The van der Waals surface area contributed by atoms with Crippen LogP contribution < -0.4 is 10.6 Å². The van der Waals surface area contributed by atoms with Crippen LogP contribution in [0.15, 0.2) is 0 Å². The number of piperidine rings is 1. The number of carbonyl (C=O) groups is 2. The Bertz CT molecular complexity index is 399. The highest BCUT2D eigenvalue weighted by atomic mass is 16.5. The lowest BCUT2D eigenvalue weighted by Gasteiger charge is -2.37. The third kappa shape index (κ3) is 6.08. The summed E-state index contributed by atoms with van der Waals surface area (Å²) in [4.78, 5) is 28.5. The number of likely N-dealkylation sites (tertiary alicyclic amines) is 2. The lowest BCUT2D eigenvalue weighted by Crippen LogP contribution is -2.52. The molecule has 7 nitrogen and oxygen atoms in total. The molecule has 0 aromatic heterocycles. The van der Waals surface area contributed by atoms with Crippen LogP contribution in [0, 0.1) is 0 Å². The van der Waals surface area contributed by atoms with E-state index in [9.17, 15) is 9.59 Å². The van der Waals surface area contributed by atoms with Crippen molar-refractivity contribution in [3.63, 3.8) is 0 Å². The smallest absolute Gasteiger partial charge is 0.321 e. The van der Waals surface area contributed by atoms with Gasteiger partial charge in [0.1, 0.15) is 0 Å². The van der Waals surface area contributed by atoms with E-state index in [1.807, 2.05) is 6.92 Å². The highest BCUT2D eigenvalue weighted by Crippen LogP contribution is 2.20. The van der Waals surface area contributed by atoms with Gasteiger partial charge in [0.15, 0.2) is 0 Å². The van der Waals surface area contributed by atoms with E-state index in [4.69, 9.17) is 4.74 Å². The zero-order valence-electron chi connectivity index (χ0n) is 14.3. The van der Waals surface area contributed by atoms with E-state index in [-0.39, 0.29) is 18.5 Å². The molecule has 132 valence electrons. The van der Waals surface area contributed by atoms with Crippen molar-refractivity contribution in [2.45, 2.75) is 44.7 Å². The van der Waals surface area contributed by atoms with E-state index < -0.39 is 6.03 Å². The average Bonchev–Trinajstić information content (AvgIpc) is 3.01. The van der Waals surface area contributed by atoms with Crippen LogP contribution in [0.5, 0.6) is 0 Å². The monoisotopic (exact) mass is 326 g/mol. The second-order valence-corrected chi connectivity index (χ2v) is 6.65. The number of amides is 3. The topological polar surface area (TPSA) is 73.9 Å². The van der Waals surface area contributed by atoms with Gasteiger partial charge in [0, 0.05) is 19.7 Å². The van der Waals surface area contributed by atoms with Gasteiger partial charge in [-0.25, -0.2) is 4.79 Å². The first kappa shape index (κ1) is 18.2. The van der Waals surface area contributed by atoms with E-state index >= 15 is 0 Å². The van der Waals surface area contributed by atoms with Crippen molar-refractivity contribution in [3.05, 3.63) is 0 Å². The molecule has 2 rings (SSSR count). The summed E-state index contributed by atoms with van der Waals surface area (Å²) in [5.74, 6) is -0.241. The van der Waals surface area contributed by atoms with E-state index in [1.54, 1.807) is 7.11 Å². The van der Waals surface area contributed by atoms with Crippen LogP contribution in [0.2, 0.25) is 0 Å². The van der Waals surface area contributed by atoms with Crippen LogP contribution in [0.25, 0.3) is 0 Å². The van der Waals surface area contributed by atoms with Gasteiger partial charge in [0.25, 0.3) is 0 Å². The second-order valence-electron chi connectivity index (χ2n) is 6.65. The van der Waals surface area contributed by atoms with E-state index in [0.29, 0.717) is 12.6 Å². The van der Waals surface area contributed by atoms with Gasteiger partial charge in [-0.2, -0.15) is 0 Å². The Morgan fingerprint density at radius 2 is 1.96 bits per heavy atom. The molecule has 2 aliphatic rings. The minimum atomic E-state index is -0.451. The minimum Gasteiger partial charge on any atom is -0.383 e. The highest BCUT2D eigenvalue weighted by molar-refractivity contribution is 5.95. The Labute approximate surface area is 138 Å². The number of nitrogens with zero attached hydrogens (tertiary/aromatic N) is 2. The Balaban J connectivity index is 1.70. The van der Waals surface area contributed by atoms with Crippen molar-refractivity contribution in [3.8, 4) is 0 Å². The van der Waals surface area contributed by atoms with Crippen LogP contribution in [0.3, 0.4) is 0 Å². The molecule has 0 spiro atoms. The van der Waals surface area contributed by atoms with Gasteiger partial charge in [-0.1, -0.05) is 0 Å². The summed E-state index contributed by atoms with van der Waals surface area (Å²) < 4.78 is 4.95. The first-order chi connectivity index (χ1) is 11.1. The highest BCUT2D eigenvalue weighted by Gasteiger charge is 2.28. The van der Waals surface area contributed by atoms with Crippen molar-refractivity contribution in [1.82, 2.24) is 20.4 Å². The number of nitrogens with one attached hydrogen (secondary N) is 2. The summed E-state index contributed by atoms with van der Waals surface area (Å²) in [6, 6.07) is -0.00964. The lowest BCUT2D eigenvalue weighted by molar-refractivity contribution is -0.121. The van der Waals surface area contributed by atoms with Crippen LogP contribution in [0.1, 0.15) is 32.6 Å². The molecule has 0 aromatic rings. The molecule has 2 fully saturated rings. The molecule has 2 atom stereocenters. The molecule has 0 radical (unpaired) electrons. The Morgan fingerprint density at radius 1 is 1.22 bits per heavy atom. The summed E-state index contributed by atoms with van der Waals surface area (Å²) in [5, 5.41) is 5.08. The number of hydrogen-bond acceptors (Lipinski definition) is 5. The summed E-state index contributed by atoms with van der Waals surface area (Å²) in [6.45, 7) is 6.77. The fourth-order valence-electron chi connectivity index (χ4n) is 3.50. The number of rotatable bonds is 6. The number of ether oxygens (including phenoxy) is 1. The molecular formula is C16H30N4O3. The van der Waals surface area contributed by atoms with Crippen LogP contribution in [-0.2, 0) is 9.53 Å². The number of carbonyl (C=O) groups excluding carboxylic acids is 2. The minimum absolute atomic E-state index is 0.123. The summed E-state index contributed by atoms with van der Waals surface area (Å²) in [6.07, 6.45) is 4.91. The van der Waals surface area contributed by atoms with Gasteiger partial charge in [0.05, 0.1) is 19.2 Å². The molecule has 0 bridgehead atoms. The van der Waals surface area contributed by atoms with Gasteiger partial charge in [0.2, 0.25) is 5.91 Å². The first-order valence-electron chi connectivity index (χ1n) is 8.64. The summed E-state index contributed by atoms with van der Waals surface area (Å²) >= 11 is 0. The first-order valence-corrected chi connectivity index (χ1v) is 8.64. The van der Waals surface area contributed by atoms with Crippen LogP contribution in [0.4, 0.5) is 4.79 Å². The van der Waals surface area contributed by atoms with Gasteiger partial charge in [-0.15, -0.1) is 0 Å². The maximum absolute atomic E-state index is 12.0. The second kappa shape index (κ2) is 9.20. The van der Waals surface area contributed by atoms with Crippen molar-refractivity contribution in [1.29, 1.82) is 0 Å². The van der Waals surface area contributed by atoms with Crippen molar-refractivity contribution in [2.24, 2.45) is 0 Å². The zero-order chi connectivity index (χ0) is 16.7. The van der Waals surface area contributed by atoms with E-state index in [0.717, 1.165) is 19.5 Å². The van der Waals surface area contributed by atoms with Crippen molar-refractivity contribution in [2.75, 3.05) is 46.4 Å². The molecule has 23 heavy (non-hydrogen) atoms. The fraction of sp³-hybridized carbons (Fsp3) is 0.875.